The van der Waals surface area contributed by atoms with Crippen LogP contribution in [0.3, 0.4) is 0 Å². The van der Waals surface area contributed by atoms with Gasteiger partial charge in [0.15, 0.2) is 0 Å². The number of aryl methyl sites for hydroxylation is 1. The number of hydrogen-bond acceptors (Lipinski definition) is 6. The van der Waals surface area contributed by atoms with Gasteiger partial charge in [0, 0.05) is 60.4 Å². The topological polar surface area (TPSA) is 90.4 Å². The zero-order valence-electron chi connectivity index (χ0n) is 21.6. The average Bonchev–Trinajstić information content (AvgIpc) is 3.64. The number of fused-ring (bicyclic) bond motifs is 2. The summed E-state index contributed by atoms with van der Waals surface area (Å²) < 4.78 is 2.13. The number of carbonyl (C=O) groups excluding carboxylic acids is 2. The lowest BCUT2D eigenvalue weighted by molar-refractivity contribution is 0.0766. The summed E-state index contributed by atoms with van der Waals surface area (Å²) in [5.41, 5.74) is 4.35. The molecule has 0 spiro atoms. The van der Waals surface area contributed by atoms with Gasteiger partial charge in [-0.2, -0.15) is 0 Å². The normalized spacial score (nSPS) is 14.6. The first kappa shape index (κ1) is 26.0. The van der Waals surface area contributed by atoms with E-state index >= 15 is 0 Å². The lowest BCUT2D eigenvalue weighted by Gasteiger charge is -2.22. The van der Waals surface area contributed by atoms with Gasteiger partial charge in [-0.1, -0.05) is 0 Å². The van der Waals surface area contributed by atoms with Gasteiger partial charge in [0.05, 0.1) is 5.56 Å². The van der Waals surface area contributed by atoms with E-state index in [2.05, 4.69) is 38.2 Å². The fourth-order valence-electron chi connectivity index (χ4n) is 5.25. The molecule has 0 bridgehead atoms. The van der Waals surface area contributed by atoms with Crippen molar-refractivity contribution in [1.82, 2.24) is 25.4 Å². The summed E-state index contributed by atoms with van der Waals surface area (Å²) in [6.07, 6.45) is 9.15. The van der Waals surface area contributed by atoms with E-state index in [1.807, 2.05) is 31.0 Å². The van der Waals surface area contributed by atoms with Crippen molar-refractivity contribution in [3.05, 3.63) is 56.5 Å². The minimum Gasteiger partial charge on any atom is -0.338 e. The summed E-state index contributed by atoms with van der Waals surface area (Å²) in [7, 11) is 1.89. The van der Waals surface area contributed by atoms with Crippen LogP contribution < -0.4 is 21.3 Å². The Bertz CT molecular complexity index is 1250. The van der Waals surface area contributed by atoms with Crippen molar-refractivity contribution < 1.29 is 9.59 Å². The zero-order chi connectivity index (χ0) is 25.8. The fourth-order valence-corrected chi connectivity index (χ4v) is 7.83. The van der Waals surface area contributed by atoms with Crippen molar-refractivity contribution in [3.63, 3.8) is 0 Å². The first-order valence-electron chi connectivity index (χ1n) is 13.2. The maximum Gasteiger partial charge on any atom is 0.320 e. The lowest BCUT2D eigenvalue weighted by atomic mass is 9.95. The predicted octanol–water partition coefficient (Wildman–Crippen LogP) is 4.13. The van der Waals surface area contributed by atoms with E-state index in [0.717, 1.165) is 62.3 Å². The van der Waals surface area contributed by atoms with E-state index in [4.69, 9.17) is 0 Å². The number of nitrogens with one attached hydrogen (secondary N) is 4. The van der Waals surface area contributed by atoms with Crippen LogP contribution in [0.2, 0.25) is 0 Å². The van der Waals surface area contributed by atoms with Crippen LogP contribution in [0.4, 0.5) is 9.80 Å². The second kappa shape index (κ2) is 11.8. The van der Waals surface area contributed by atoms with Crippen LogP contribution in [0.25, 0.3) is 5.00 Å². The van der Waals surface area contributed by atoms with Crippen molar-refractivity contribution in [2.24, 2.45) is 0 Å². The number of anilines is 1. The molecule has 10 heteroatoms. The SMILES string of the molecule is CCN(CCNC)C(=O)c1c(NC(=O)NCc2c(-n3cccc3)sc3c2CCNC3)sc2c1CCCC2. The van der Waals surface area contributed by atoms with Gasteiger partial charge in [0.25, 0.3) is 5.91 Å². The highest BCUT2D eigenvalue weighted by Crippen LogP contribution is 2.39. The molecule has 0 saturated carbocycles. The van der Waals surface area contributed by atoms with Gasteiger partial charge in [-0.25, -0.2) is 4.79 Å². The predicted molar refractivity (Wildman–Crippen MR) is 151 cm³/mol. The first-order chi connectivity index (χ1) is 18.1. The van der Waals surface area contributed by atoms with E-state index in [9.17, 15) is 9.59 Å². The molecule has 0 radical (unpaired) electrons. The number of aromatic nitrogens is 1. The van der Waals surface area contributed by atoms with Crippen LogP contribution in [0.1, 0.15) is 56.6 Å². The number of rotatable bonds is 9. The summed E-state index contributed by atoms with van der Waals surface area (Å²) in [6.45, 7) is 6.28. The quantitative estimate of drug-likeness (QED) is 0.329. The molecule has 0 atom stereocenters. The summed E-state index contributed by atoms with van der Waals surface area (Å²) >= 11 is 3.36. The van der Waals surface area contributed by atoms with Crippen molar-refractivity contribution in [2.75, 3.05) is 38.5 Å². The highest BCUT2D eigenvalue weighted by Gasteiger charge is 2.29. The van der Waals surface area contributed by atoms with Gasteiger partial charge < -0.3 is 25.4 Å². The minimum absolute atomic E-state index is 0.0155. The Labute approximate surface area is 226 Å². The number of likely N-dealkylation sites (N-methyl/N-ethyl adjacent to an activating group) is 2. The van der Waals surface area contributed by atoms with Crippen LogP contribution in [0.5, 0.6) is 0 Å². The van der Waals surface area contributed by atoms with Crippen molar-refractivity contribution >= 4 is 39.6 Å². The van der Waals surface area contributed by atoms with Gasteiger partial charge in [-0.15, -0.1) is 22.7 Å². The third-order valence-electron chi connectivity index (χ3n) is 7.19. The molecule has 3 aromatic rings. The third-order valence-corrected chi connectivity index (χ3v) is 9.69. The van der Waals surface area contributed by atoms with Gasteiger partial charge in [-0.05, 0) is 75.9 Å². The van der Waals surface area contributed by atoms with Crippen LogP contribution >= 0.6 is 22.7 Å². The van der Waals surface area contributed by atoms with Crippen molar-refractivity contribution in [1.29, 1.82) is 0 Å². The number of nitrogens with zero attached hydrogens (tertiary/aromatic N) is 2. The van der Waals surface area contributed by atoms with Gasteiger partial charge in [-0.3, -0.25) is 10.1 Å². The molecular weight excluding hydrogens is 504 g/mol. The average molecular weight is 541 g/mol. The lowest BCUT2D eigenvalue weighted by Crippen LogP contribution is -2.37. The summed E-state index contributed by atoms with van der Waals surface area (Å²) in [5, 5.41) is 14.6. The standard InChI is InChI=1S/C27H36N6O2S2/c1-3-32(15-12-28-2)25(34)23-19-8-4-5-9-21(19)36-24(23)31-27(35)30-16-20-18-10-11-29-17-22(18)37-26(20)33-13-6-7-14-33/h6-7,13-14,28-29H,3-5,8-12,15-17H2,1-2H3,(H2,30,31,35). The van der Waals surface area contributed by atoms with E-state index in [0.29, 0.717) is 30.2 Å². The highest BCUT2D eigenvalue weighted by molar-refractivity contribution is 7.17. The molecule has 2 aliphatic rings. The van der Waals surface area contributed by atoms with E-state index in [-0.39, 0.29) is 11.9 Å². The van der Waals surface area contributed by atoms with Gasteiger partial charge in [0.1, 0.15) is 10.0 Å². The maximum atomic E-state index is 13.6. The molecule has 5 rings (SSSR count). The number of hydrogen-bond donors (Lipinski definition) is 4. The molecule has 4 heterocycles. The molecule has 3 amide bonds. The molecule has 0 unspecified atom stereocenters. The maximum absolute atomic E-state index is 13.6. The molecule has 0 aromatic carbocycles. The minimum atomic E-state index is -0.265. The van der Waals surface area contributed by atoms with E-state index in [1.165, 1.54) is 20.9 Å². The van der Waals surface area contributed by atoms with Crippen LogP contribution in [0.15, 0.2) is 24.5 Å². The van der Waals surface area contributed by atoms with Gasteiger partial charge >= 0.3 is 6.03 Å². The van der Waals surface area contributed by atoms with Crippen molar-refractivity contribution in [2.45, 2.75) is 52.1 Å². The smallest absolute Gasteiger partial charge is 0.320 e. The molecule has 37 heavy (non-hydrogen) atoms. The molecular formula is C27H36N6O2S2. The van der Waals surface area contributed by atoms with Crippen LogP contribution in [0, 0.1) is 0 Å². The van der Waals surface area contributed by atoms with Crippen LogP contribution in [-0.4, -0.2) is 54.6 Å². The van der Waals surface area contributed by atoms with Gasteiger partial charge in [0.2, 0.25) is 0 Å². The molecule has 3 aromatic heterocycles. The Morgan fingerprint density at radius 3 is 2.68 bits per heavy atom. The monoisotopic (exact) mass is 540 g/mol. The largest absolute Gasteiger partial charge is 0.338 e. The third kappa shape index (κ3) is 5.47. The Balaban J connectivity index is 1.36. The molecule has 8 nitrogen and oxygen atoms in total. The number of amides is 3. The Kier molecular flexibility index (Phi) is 8.29. The molecule has 198 valence electrons. The summed E-state index contributed by atoms with van der Waals surface area (Å²) in [5.74, 6) is 0.0155. The first-order valence-corrected chi connectivity index (χ1v) is 14.8. The molecule has 0 saturated heterocycles. The summed E-state index contributed by atoms with van der Waals surface area (Å²) in [6, 6.07) is 3.78. The van der Waals surface area contributed by atoms with Crippen LogP contribution in [-0.2, 0) is 32.4 Å². The molecule has 1 aliphatic carbocycles. The Hall–Kier alpha value is -2.66. The summed E-state index contributed by atoms with van der Waals surface area (Å²) in [4.78, 5) is 31.3. The number of carbonyl (C=O) groups is 2. The second-order valence-corrected chi connectivity index (χ2v) is 11.7. The van der Waals surface area contributed by atoms with E-state index < -0.39 is 0 Å². The molecule has 1 aliphatic heterocycles. The highest BCUT2D eigenvalue weighted by atomic mass is 32.1. The zero-order valence-corrected chi connectivity index (χ0v) is 23.2. The van der Waals surface area contributed by atoms with E-state index in [1.54, 1.807) is 22.7 Å². The fraction of sp³-hybridized carbons (Fsp3) is 0.481. The number of urea groups is 1. The Morgan fingerprint density at radius 2 is 1.89 bits per heavy atom. The molecule has 4 N–H and O–H groups in total. The Morgan fingerprint density at radius 1 is 1.08 bits per heavy atom. The number of thiophene rings is 2. The molecule has 0 fully saturated rings. The van der Waals surface area contributed by atoms with Crippen molar-refractivity contribution in [3.8, 4) is 5.00 Å². The second-order valence-electron chi connectivity index (χ2n) is 9.52.